The summed E-state index contributed by atoms with van der Waals surface area (Å²) in [4.78, 5) is 40.5. The van der Waals surface area contributed by atoms with Gasteiger partial charge in [0, 0.05) is 13.0 Å². The van der Waals surface area contributed by atoms with Crippen LogP contribution in [-0.2, 0) is 20.8 Å². The topological polar surface area (TPSA) is 127 Å². The lowest BCUT2D eigenvalue weighted by Gasteiger charge is -2.23. The van der Waals surface area contributed by atoms with E-state index in [2.05, 4.69) is 27.8 Å². The highest BCUT2D eigenvalue weighted by atomic mass is 32.1. The fourth-order valence-corrected chi connectivity index (χ4v) is 4.76. The summed E-state index contributed by atoms with van der Waals surface area (Å²) in [6, 6.07) is 15.0. The van der Waals surface area contributed by atoms with E-state index in [1.807, 2.05) is 36.4 Å². The van der Waals surface area contributed by atoms with Crippen molar-refractivity contribution in [2.24, 2.45) is 0 Å². The first kappa shape index (κ1) is 24.4. The summed E-state index contributed by atoms with van der Waals surface area (Å²) < 4.78 is 10.8. The maximum absolute atomic E-state index is 12.8. The Kier molecular flexibility index (Phi) is 7.42. The van der Waals surface area contributed by atoms with Gasteiger partial charge in [-0.2, -0.15) is 0 Å². The van der Waals surface area contributed by atoms with E-state index in [0.717, 1.165) is 33.6 Å². The van der Waals surface area contributed by atoms with Crippen LogP contribution in [0.3, 0.4) is 0 Å². The summed E-state index contributed by atoms with van der Waals surface area (Å²) >= 11 is 0.965. The molecule has 3 N–H and O–H groups in total. The molecule has 0 unspecified atom stereocenters. The lowest BCUT2D eigenvalue weighted by atomic mass is 9.98. The number of carboxylic acids is 1. The van der Waals surface area contributed by atoms with Crippen LogP contribution in [0.25, 0.3) is 11.1 Å². The molecule has 0 saturated heterocycles. The predicted molar refractivity (Wildman–Crippen MR) is 129 cm³/mol. The maximum atomic E-state index is 12.8. The zero-order chi connectivity index (χ0) is 24.9. The van der Waals surface area contributed by atoms with Gasteiger partial charge in [-0.3, -0.25) is 4.79 Å². The normalized spacial score (nSPS) is 13.9. The first-order chi connectivity index (χ1) is 16.9. The standard InChI is InChI=1S/C25H25N3O6S/c1-14(33-2)22(23(29)27-12-21-26-11-20(35-21)24(30)31)28-25(32)34-13-19-17-9-5-3-7-15(17)16-8-4-6-10-18(16)19/h3-11,14,19,22H,12-13H2,1-2H3,(H,27,29)(H,28,32)(H,30,31)/t14-,22+/m1/s1. The molecule has 10 heteroatoms. The third kappa shape index (κ3) is 5.33. The first-order valence-electron chi connectivity index (χ1n) is 11.0. The van der Waals surface area contributed by atoms with Crippen LogP contribution in [0.2, 0.25) is 0 Å². The van der Waals surface area contributed by atoms with E-state index in [-0.39, 0.29) is 23.9 Å². The molecule has 0 spiro atoms. The Labute approximate surface area is 206 Å². The van der Waals surface area contributed by atoms with Crippen LogP contribution in [0.15, 0.2) is 54.7 Å². The molecule has 0 saturated carbocycles. The minimum atomic E-state index is -1.08. The average molecular weight is 496 g/mol. The van der Waals surface area contributed by atoms with Crippen LogP contribution in [0.4, 0.5) is 4.79 Å². The maximum Gasteiger partial charge on any atom is 0.407 e. The fraction of sp³-hybridized carbons (Fsp3) is 0.280. The molecule has 35 heavy (non-hydrogen) atoms. The molecule has 0 bridgehead atoms. The number of alkyl carbamates (subject to hydrolysis) is 1. The van der Waals surface area contributed by atoms with Crippen LogP contribution < -0.4 is 10.6 Å². The van der Waals surface area contributed by atoms with Gasteiger partial charge in [-0.15, -0.1) is 11.3 Å². The largest absolute Gasteiger partial charge is 0.477 e. The summed E-state index contributed by atoms with van der Waals surface area (Å²) in [5, 5.41) is 14.7. The molecule has 3 aromatic rings. The minimum absolute atomic E-state index is 0.0239. The summed E-state index contributed by atoms with van der Waals surface area (Å²) in [5.74, 6) is -1.68. The van der Waals surface area contributed by atoms with Crippen molar-refractivity contribution in [2.45, 2.75) is 31.5 Å². The van der Waals surface area contributed by atoms with Gasteiger partial charge in [0.05, 0.1) is 18.8 Å². The molecule has 2 aromatic carbocycles. The Morgan fingerprint density at radius 2 is 1.71 bits per heavy atom. The molecule has 0 fully saturated rings. The highest BCUT2D eigenvalue weighted by Gasteiger charge is 2.31. The molecule has 4 rings (SSSR count). The molecule has 0 radical (unpaired) electrons. The van der Waals surface area contributed by atoms with Gasteiger partial charge in [-0.25, -0.2) is 14.6 Å². The SMILES string of the molecule is CO[C@H](C)[C@H](NC(=O)OCC1c2ccccc2-c2ccccc21)C(=O)NCc1ncc(C(=O)O)s1. The molecule has 182 valence electrons. The van der Waals surface area contributed by atoms with Crippen molar-refractivity contribution in [1.82, 2.24) is 15.6 Å². The molecule has 2 atom stereocenters. The van der Waals surface area contributed by atoms with Crippen molar-refractivity contribution in [3.05, 3.63) is 75.7 Å². The second kappa shape index (κ2) is 10.7. The first-order valence-corrected chi connectivity index (χ1v) is 11.8. The third-order valence-corrected chi connectivity index (χ3v) is 6.90. The summed E-state index contributed by atoms with van der Waals surface area (Å²) in [6.45, 7) is 1.79. The number of fused-ring (bicyclic) bond motifs is 3. The smallest absolute Gasteiger partial charge is 0.407 e. The predicted octanol–water partition coefficient (Wildman–Crippen LogP) is 3.40. The van der Waals surface area contributed by atoms with Crippen molar-refractivity contribution in [2.75, 3.05) is 13.7 Å². The van der Waals surface area contributed by atoms with Crippen LogP contribution in [-0.4, -0.2) is 53.9 Å². The van der Waals surface area contributed by atoms with Gasteiger partial charge < -0.3 is 25.2 Å². The van der Waals surface area contributed by atoms with E-state index in [4.69, 9.17) is 14.6 Å². The van der Waals surface area contributed by atoms with Crippen LogP contribution in [0.5, 0.6) is 0 Å². The van der Waals surface area contributed by atoms with E-state index in [1.54, 1.807) is 6.92 Å². The van der Waals surface area contributed by atoms with Gasteiger partial charge in [-0.1, -0.05) is 48.5 Å². The zero-order valence-corrected chi connectivity index (χ0v) is 20.0. The zero-order valence-electron chi connectivity index (χ0n) is 19.2. The molecule has 1 heterocycles. The van der Waals surface area contributed by atoms with Gasteiger partial charge in [0.25, 0.3) is 0 Å². The Morgan fingerprint density at radius 3 is 2.29 bits per heavy atom. The number of carbonyl (C=O) groups is 3. The lowest BCUT2D eigenvalue weighted by Crippen LogP contribution is -2.53. The number of rotatable bonds is 9. The number of benzene rings is 2. The van der Waals surface area contributed by atoms with Crippen molar-refractivity contribution in [3.63, 3.8) is 0 Å². The number of hydrogen-bond donors (Lipinski definition) is 3. The van der Waals surface area contributed by atoms with E-state index in [9.17, 15) is 14.4 Å². The minimum Gasteiger partial charge on any atom is -0.477 e. The number of carboxylic acid groups (broad SMARTS) is 1. The number of nitrogens with zero attached hydrogens (tertiary/aromatic N) is 1. The number of carbonyl (C=O) groups excluding carboxylic acids is 2. The van der Waals surface area contributed by atoms with Gasteiger partial charge in [0.2, 0.25) is 5.91 Å². The molecule has 1 aliphatic carbocycles. The van der Waals surface area contributed by atoms with Crippen molar-refractivity contribution in [1.29, 1.82) is 0 Å². The Bertz CT molecular complexity index is 1200. The molecule has 1 aliphatic rings. The second-order valence-corrected chi connectivity index (χ2v) is 9.14. The van der Waals surface area contributed by atoms with Crippen LogP contribution in [0, 0.1) is 0 Å². The lowest BCUT2D eigenvalue weighted by molar-refractivity contribution is -0.126. The second-order valence-electron chi connectivity index (χ2n) is 8.03. The Balaban J connectivity index is 1.38. The van der Waals surface area contributed by atoms with E-state index in [1.165, 1.54) is 13.3 Å². The fourth-order valence-electron chi connectivity index (χ4n) is 4.06. The monoisotopic (exact) mass is 495 g/mol. The van der Waals surface area contributed by atoms with Gasteiger partial charge in [-0.05, 0) is 29.2 Å². The van der Waals surface area contributed by atoms with Crippen LogP contribution in [0.1, 0.15) is 38.6 Å². The summed E-state index contributed by atoms with van der Waals surface area (Å²) in [7, 11) is 1.43. The highest BCUT2D eigenvalue weighted by molar-refractivity contribution is 7.13. The number of aromatic carboxylic acids is 1. The van der Waals surface area contributed by atoms with E-state index < -0.39 is 30.1 Å². The van der Waals surface area contributed by atoms with Crippen molar-refractivity contribution < 1.29 is 29.0 Å². The number of ether oxygens (including phenoxy) is 2. The third-order valence-electron chi connectivity index (χ3n) is 5.92. The molecule has 1 aromatic heterocycles. The average Bonchev–Trinajstić information content (AvgIpc) is 3.47. The number of hydrogen-bond acceptors (Lipinski definition) is 7. The van der Waals surface area contributed by atoms with Gasteiger partial charge >= 0.3 is 12.1 Å². The van der Waals surface area contributed by atoms with Gasteiger partial charge in [0.15, 0.2) is 0 Å². The summed E-state index contributed by atoms with van der Waals surface area (Å²) in [5.41, 5.74) is 4.42. The molecular weight excluding hydrogens is 470 g/mol. The Hall–Kier alpha value is -3.76. The number of amides is 2. The highest BCUT2D eigenvalue weighted by Crippen LogP contribution is 2.44. The van der Waals surface area contributed by atoms with Crippen molar-refractivity contribution in [3.8, 4) is 11.1 Å². The summed E-state index contributed by atoms with van der Waals surface area (Å²) in [6.07, 6.45) is -0.140. The Morgan fingerprint density at radius 1 is 1.09 bits per heavy atom. The number of aromatic nitrogens is 1. The molecular formula is C25H25N3O6S. The quantitative estimate of drug-likeness (QED) is 0.415. The van der Waals surface area contributed by atoms with E-state index in [0.29, 0.717) is 5.01 Å². The number of thiazole rings is 1. The number of methoxy groups -OCH3 is 1. The molecule has 0 aliphatic heterocycles. The van der Waals surface area contributed by atoms with Crippen molar-refractivity contribution >= 4 is 29.3 Å². The number of nitrogens with one attached hydrogen (secondary N) is 2. The van der Waals surface area contributed by atoms with Gasteiger partial charge in [0.1, 0.15) is 22.5 Å². The van der Waals surface area contributed by atoms with Crippen LogP contribution >= 0.6 is 11.3 Å². The molecule has 2 amide bonds. The molecule has 9 nitrogen and oxygen atoms in total. The van der Waals surface area contributed by atoms with E-state index >= 15 is 0 Å².